The van der Waals surface area contributed by atoms with Crippen molar-refractivity contribution in [2.24, 2.45) is 5.92 Å². The van der Waals surface area contributed by atoms with Crippen LogP contribution in [0.25, 0.3) is 0 Å². The number of carbonyl (C=O) groups excluding carboxylic acids is 2. The lowest BCUT2D eigenvalue weighted by Crippen LogP contribution is -2.41. The number of pyridine rings is 1. The highest BCUT2D eigenvalue weighted by atomic mass is 19.1. The summed E-state index contributed by atoms with van der Waals surface area (Å²) in [6.45, 7) is 2.00. The number of hydrogen-bond acceptors (Lipinski definition) is 3. The van der Waals surface area contributed by atoms with E-state index >= 15 is 0 Å². The second-order valence-electron chi connectivity index (χ2n) is 8.06. The van der Waals surface area contributed by atoms with Crippen molar-refractivity contribution in [2.75, 3.05) is 19.6 Å². The molecule has 0 saturated carbocycles. The smallest absolute Gasteiger partial charge is 0.252 e. The first-order valence-electron chi connectivity index (χ1n) is 10.3. The van der Waals surface area contributed by atoms with Gasteiger partial charge in [-0.25, -0.2) is 4.39 Å². The minimum atomic E-state index is -0.519. The Morgan fingerprint density at radius 3 is 2.72 bits per heavy atom. The van der Waals surface area contributed by atoms with Crippen molar-refractivity contribution in [3.05, 3.63) is 65.2 Å². The van der Waals surface area contributed by atoms with Crippen LogP contribution in [-0.4, -0.2) is 41.3 Å². The summed E-state index contributed by atoms with van der Waals surface area (Å²) in [5, 5.41) is 2.86. The molecule has 0 radical (unpaired) electrons. The summed E-state index contributed by atoms with van der Waals surface area (Å²) in [6.07, 6.45) is 6.89. The fourth-order valence-electron chi connectivity index (χ4n) is 4.46. The van der Waals surface area contributed by atoms with E-state index in [9.17, 15) is 14.0 Å². The first-order valence-corrected chi connectivity index (χ1v) is 10.3. The number of benzene rings is 1. The van der Waals surface area contributed by atoms with Gasteiger partial charge in [-0.1, -0.05) is 24.3 Å². The topological polar surface area (TPSA) is 62.3 Å². The van der Waals surface area contributed by atoms with E-state index in [-0.39, 0.29) is 17.4 Å². The lowest BCUT2D eigenvalue weighted by atomic mass is 9.94. The van der Waals surface area contributed by atoms with Gasteiger partial charge in [-0.05, 0) is 54.7 Å². The van der Waals surface area contributed by atoms with E-state index in [1.807, 2.05) is 4.90 Å². The number of piperidine rings is 1. The second-order valence-corrected chi connectivity index (χ2v) is 8.06. The number of rotatable bonds is 5. The lowest BCUT2D eigenvalue weighted by Gasteiger charge is -2.32. The van der Waals surface area contributed by atoms with Gasteiger partial charge in [0.1, 0.15) is 5.82 Å². The molecule has 1 fully saturated rings. The Kier molecular flexibility index (Phi) is 5.88. The zero-order chi connectivity index (χ0) is 20.2. The highest BCUT2D eigenvalue weighted by Gasteiger charge is 2.28. The molecule has 2 aliphatic rings. The predicted octanol–water partition coefficient (Wildman–Crippen LogP) is 3.31. The van der Waals surface area contributed by atoms with E-state index in [1.54, 1.807) is 0 Å². The maximum atomic E-state index is 13.2. The largest absolute Gasteiger partial charge is 0.352 e. The molecule has 1 aromatic heterocycles. The highest BCUT2D eigenvalue weighted by Crippen LogP contribution is 2.35. The first-order chi connectivity index (χ1) is 14.1. The van der Waals surface area contributed by atoms with Gasteiger partial charge < -0.3 is 10.2 Å². The summed E-state index contributed by atoms with van der Waals surface area (Å²) in [4.78, 5) is 30.6. The molecular weight excluding hydrogens is 369 g/mol. The average molecular weight is 395 g/mol. The molecule has 2 aromatic rings. The molecule has 2 amide bonds. The number of carbonyl (C=O) groups is 2. The Morgan fingerprint density at radius 2 is 1.93 bits per heavy atom. The summed E-state index contributed by atoms with van der Waals surface area (Å²) in [6, 6.07) is 9.63. The van der Waals surface area contributed by atoms with Crippen LogP contribution in [0.2, 0.25) is 0 Å². The molecule has 1 atom stereocenters. The standard InChI is InChI=1S/C23H26FN3O2/c24-20-11-19(14-25-15-20)23(29)26-13-16-7-9-27(10-8-16)22(28)12-18-6-5-17-3-1-2-4-21(17)18/h1-4,11,14-16,18H,5-10,12-13H2,(H,26,29). The maximum Gasteiger partial charge on any atom is 0.252 e. The number of nitrogens with one attached hydrogen (secondary N) is 1. The molecule has 2 heterocycles. The minimum Gasteiger partial charge on any atom is -0.352 e. The normalized spacial score (nSPS) is 19.1. The predicted molar refractivity (Wildman–Crippen MR) is 108 cm³/mol. The Bertz CT molecular complexity index is 893. The lowest BCUT2D eigenvalue weighted by molar-refractivity contribution is -0.133. The minimum absolute atomic E-state index is 0.231. The quantitative estimate of drug-likeness (QED) is 0.845. The van der Waals surface area contributed by atoms with E-state index in [4.69, 9.17) is 0 Å². The van der Waals surface area contributed by atoms with Crippen molar-refractivity contribution in [2.45, 2.75) is 38.0 Å². The van der Waals surface area contributed by atoms with Gasteiger partial charge in [0, 0.05) is 32.3 Å². The van der Waals surface area contributed by atoms with Crippen molar-refractivity contribution in [1.29, 1.82) is 0 Å². The van der Waals surface area contributed by atoms with Gasteiger partial charge >= 0.3 is 0 Å². The van der Waals surface area contributed by atoms with Crippen LogP contribution in [0, 0.1) is 11.7 Å². The molecular formula is C23H26FN3O2. The van der Waals surface area contributed by atoms with E-state index in [1.165, 1.54) is 23.4 Å². The number of halogens is 1. The molecule has 1 unspecified atom stereocenters. The Morgan fingerprint density at radius 1 is 1.14 bits per heavy atom. The average Bonchev–Trinajstić information content (AvgIpc) is 3.15. The number of amides is 2. The van der Waals surface area contributed by atoms with Crippen LogP contribution in [0.15, 0.2) is 42.7 Å². The summed E-state index contributed by atoms with van der Waals surface area (Å²) >= 11 is 0. The van der Waals surface area contributed by atoms with Gasteiger partial charge in [0.15, 0.2) is 0 Å². The van der Waals surface area contributed by atoms with Gasteiger partial charge in [0.05, 0.1) is 11.8 Å². The molecule has 4 rings (SSSR count). The van der Waals surface area contributed by atoms with Crippen LogP contribution in [-0.2, 0) is 11.2 Å². The third-order valence-electron chi connectivity index (χ3n) is 6.16. The van der Waals surface area contributed by atoms with Crippen molar-refractivity contribution in [3.8, 4) is 0 Å². The van der Waals surface area contributed by atoms with Crippen LogP contribution >= 0.6 is 0 Å². The fraction of sp³-hybridized carbons (Fsp3) is 0.435. The van der Waals surface area contributed by atoms with Gasteiger partial charge in [-0.15, -0.1) is 0 Å². The molecule has 1 aromatic carbocycles. The zero-order valence-corrected chi connectivity index (χ0v) is 16.4. The molecule has 1 aliphatic carbocycles. The van der Waals surface area contributed by atoms with Crippen molar-refractivity contribution >= 4 is 11.8 Å². The maximum absolute atomic E-state index is 13.2. The third-order valence-corrected chi connectivity index (χ3v) is 6.16. The number of aromatic nitrogens is 1. The number of nitrogens with zero attached hydrogens (tertiary/aromatic N) is 2. The molecule has 29 heavy (non-hydrogen) atoms. The van der Waals surface area contributed by atoms with Gasteiger partial charge in [0.25, 0.3) is 5.91 Å². The van der Waals surface area contributed by atoms with Gasteiger partial charge in [0.2, 0.25) is 5.91 Å². The number of likely N-dealkylation sites (tertiary alicyclic amines) is 1. The van der Waals surface area contributed by atoms with E-state index in [2.05, 4.69) is 34.6 Å². The summed E-state index contributed by atoms with van der Waals surface area (Å²) in [5.41, 5.74) is 2.95. The molecule has 6 heteroatoms. The molecule has 0 bridgehead atoms. The molecule has 152 valence electrons. The van der Waals surface area contributed by atoms with E-state index in [0.29, 0.717) is 24.8 Å². The molecule has 5 nitrogen and oxygen atoms in total. The highest BCUT2D eigenvalue weighted by molar-refractivity contribution is 5.93. The molecule has 1 saturated heterocycles. The third kappa shape index (κ3) is 4.63. The SMILES string of the molecule is O=C(NCC1CCN(C(=O)CC2CCc3ccccc32)CC1)c1cncc(F)c1. The number of aryl methyl sites for hydroxylation is 1. The number of fused-ring (bicyclic) bond motifs is 1. The second kappa shape index (κ2) is 8.72. The van der Waals surface area contributed by atoms with Crippen molar-refractivity contribution in [1.82, 2.24) is 15.2 Å². The summed E-state index contributed by atoms with van der Waals surface area (Å²) in [7, 11) is 0. The monoisotopic (exact) mass is 395 g/mol. The Labute approximate surface area is 170 Å². The Hall–Kier alpha value is -2.76. The van der Waals surface area contributed by atoms with E-state index in [0.717, 1.165) is 45.0 Å². The molecule has 1 aliphatic heterocycles. The fourth-order valence-corrected chi connectivity index (χ4v) is 4.46. The Balaban J connectivity index is 1.22. The zero-order valence-electron chi connectivity index (χ0n) is 16.4. The summed E-state index contributed by atoms with van der Waals surface area (Å²) < 4.78 is 13.2. The van der Waals surface area contributed by atoms with Crippen molar-refractivity contribution in [3.63, 3.8) is 0 Å². The van der Waals surface area contributed by atoms with Gasteiger partial charge in [-0.2, -0.15) is 0 Å². The van der Waals surface area contributed by atoms with Crippen LogP contribution in [0.3, 0.4) is 0 Å². The summed E-state index contributed by atoms with van der Waals surface area (Å²) in [5.74, 6) is 0.0806. The van der Waals surface area contributed by atoms with Crippen LogP contribution in [0.4, 0.5) is 4.39 Å². The van der Waals surface area contributed by atoms with Crippen molar-refractivity contribution < 1.29 is 14.0 Å². The van der Waals surface area contributed by atoms with Crippen LogP contribution in [0.1, 0.15) is 53.1 Å². The van der Waals surface area contributed by atoms with Gasteiger partial charge in [-0.3, -0.25) is 14.6 Å². The molecule has 0 spiro atoms. The number of hydrogen-bond donors (Lipinski definition) is 1. The van der Waals surface area contributed by atoms with Crippen LogP contribution < -0.4 is 5.32 Å². The molecule has 1 N–H and O–H groups in total. The first kappa shape index (κ1) is 19.6. The van der Waals surface area contributed by atoms with Crippen LogP contribution in [0.5, 0.6) is 0 Å². The van der Waals surface area contributed by atoms with E-state index < -0.39 is 5.82 Å².